The molecule has 0 bridgehead atoms. The summed E-state index contributed by atoms with van der Waals surface area (Å²) in [4.78, 5) is 25.3. The van der Waals surface area contributed by atoms with Crippen LogP contribution >= 0.6 is 0 Å². The van der Waals surface area contributed by atoms with Gasteiger partial charge in [-0.05, 0) is 17.5 Å². The van der Waals surface area contributed by atoms with Gasteiger partial charge >= 0.3 is 6.09 Å². The van der Waals surface area contributed by atoms with Crippen molar-refractivity contribution in [3.63, 3.8) is 0 Å². The van der Waals surface area contributed by atoms with E-state index < -0.39 is 12.1 Å². The smallest absolute Gasteiger partial charge is 0.410 e. The van der Waals surface area contributed by atoms with Crippen LogP contribution < -0.4 is 0 Å². The van der Waals surface area contributed by atoms with E-state index in [4.69, 9.17) is 4.74 Å². The van der Waals surface area contributed by atoms with E-state index in [1.165, 1.54) is 4.90 Å². The number of amides is 1. The second kappa shape index (κ2) is 9.50. The summed E-state index contributed by atoms with van der Waals surface area (Å²) >= 11 is 0. The Morgan fingerprint density at radius 2 is 1.62 bits per heavy atom. The van der Waals surface area contributed by atoms with E-state index in [9.17, 15) is 9.59 Å². The van der Waals surface area contributed by atoms with Crippen LogP contribution in [0.5, 0.6) is 0 Å². The Morgan fingerprint density at radius 3 is 2.17 bits per heavy atom. The summed E-state index contributed by atoms with van der Waals surface area (Å²) in [5.74, 6) is 0. The van der Waals surface area contributed by atoms with Crippen LogP contribution in [-0.4, -0.2) is 29.9 Å². The Balaban J connectivity index is 2.02. The average Bonchev–Trinajstić information content (AvgIpc) is 2.64. The summed E-state index contributed by atoms with van der Waals surface area (Å²) in [6, 6.07) is 18.4. The second-order valence-corrected chi connectivity index (χ2v) is 5.56. The number of ether oxygens (including phenoxy) is 1. The first-order chi connectivity index (χ1) is 11.7. The first-order valence-electron chi connectivity index (χ1n) is 8.13. The van der Waals surface area contributed by atoms with Crippen molar-refractivity contribution in [1.82, 2.24) is 4.90 Å². The Hall–Kier alpha value is -2.62. The second-order valence-electron chi connectivity index (χ2n) is 5.56. The van der Waals surface area contributed by atoms with Crippen molar-refractivity contribution in [2.75, 3.05) is 6.54 Å². The average molecular weight is 324 g/mol. The van der Waals surface area contributed by atoms with Crippen molar-refractivity contribution >= 4 is 12.4 Å². The predicted molar refractivity (Wildman–Crippen MR) is 93.3 cm³/mol. The minimum atomic E-state index is -0.643. The topological polar surface area (TPSA) is 46.6 Å². The molecule has 1 atom stereocenters. The molecule has 0 N–H and O–H groups in total. The van der Waals surface area contributed by atoms with Crippen LogP contribution in [0.3, 0.4) is 0 Å². The van der Waals surface area contributed by atoms with E-state index in [1.807, 2.05) is 73.9 Å². The molecule has 0 saturated heterocycles. The van der Waals surface area contributed by atoms with Gasteiger partial charge < -0.3 is 4.74 Å². The van der Waals surface area contributed by atoms with E-state index >= 15 is 0 Å². The number of nitrogens with zero attached hydrogens (tertiary/aromatic N) is 1. The molecule has 2 aromatic rings. The molecule has 4 heteroatoms. The van der Waals surface area contributed by atoms with Gasteiger partial charge in [0.25, 0.3) is 0 Å². The maximum absolute atomic E-state index is 12.4. The first-order valence-corrected chi connectivity index (χ1v) is 8.13. The zero-order valence-electron chi connectivity index (χ0n) is 13.9. The fraction of sp³-hybridized carbons (Fsp3) is 0.300. The van der Waals surface area contributed by atoms with Crippen LogP contribution in [0.2, 0.25) is 0 Å². The van der Waals surface area contributed by atoms with Gasteiger partial charge in [-0.3, -0.25) is 9.69 Å². The van der Waals surface area contributed by atoms with E-state index in [1.54, 1.807) is 0 Å². The van der Waals surface area contributed by atoms with Crippen molar-refractivity contribution in [2.24, 2.45) is 0 Å². The lowest BCUT2D eigenvalue weighted by Crippen LogP contribution is -2.43. The van der Waals surface area contributed by atoms with Crippen LogP contribution in [0.4, 0.5) is 4.79 Å². The molecule has 0 aliphatic heterocycles. The van der Waals surface area contributed by atoms with Gasteiger partial charge in [0, 0.05) is 13.0 Å². The molecular weight excluding hydrogens is 302 g/mol. The highest BCUT2D eigenvalue weighted by molar-refractivity contribution is 5.74. The van der Waals surface area contributed by atoms with Gasteiger partial charge in [-0.1, -0.05) is 67.6 Å². The van der Waals surface area contributed by atoms with Crippen molar-refractivity contribution in [3.05, 3.63) is 71.8 Å². The van der Waals surface area contributed by atoms with Gasteiger partial charge in [-0.15, -0.1) is 0 Å². The molecule has 0 spiro atoms. The number of benzene rings is 2. The third kappa shape index (κ3) is 5.23. The summed E-state index contributed by atoms with van der Waals surface area (Å²) < 4.78 is 5.37. The summed E-state index contributed by atoms with van der Waals surface area (Å²) in [7, 11) is 0. The molecule has 1 amide bonds. The van der Waals surface area contributed by atoms with Crippen LogP contribution in [0.25, 0.3) is 0 Å². The first kappa shape index (κ1) is 17.7. The Labute approximate surface area is 143 Å². The molecule has 2 aromatic carbocycles. The van der Waals surface area contributed by atoms with Gasteiger partial charge in [0.2, 0.25) is 6.29 Å². The van der Waals surface area contributed by atoms with Crippen molar-refractivity contribution < 1.29 is 14.3 Å². The van der Waals surface area contributed by atoms with Crippen molar-refractivity contribution in [1.29, 1.82) is 0 Å². The Bertz CT molecular complexity index is 628. The van der Waals surface area contributed by atoms with E-state index in [2.05, 4.69) is 0 Å². The van der Waals surface area contributed by atoms with Crippen LogP contribution in [0.1, 0.15) is 24.5 Å². The van der Waals surface area contributed by atoms with E-state index in [-0.39, 0.29) is 6.61 Å². The summed E-state index contributed by atoms with van der Waals surface area (Å²) in [6.45, 7) is 2.61. The summed E-state index contributed by atoms with van der Waals surface area (Å²) in [5, 5.41) is 0. The molecule has 1 radical (unpaired) electrons. The molecule has 24 heavy (non-hydrogen) atoms. The normalized spacial score (nSPS) is 11.5. The molecule has 4 nitrogen and oxygen atoms in total. The molecule has 0 saturated carbocycles. The number of rotatable bonds is 8. The Morgan fingerprint density at radius 1 is 1.04 bits per heavy atom. The quantitative estimate of drug-likeness (QED) is 0.743. The van der Waals surface area contributed by atoms with Crippen LogP contribution in [0, 0.1) is 0 Å². The molecular formula is C20H22NO3. The molecule has 125 valence electrons. The molecule has 0 aliphatic carbocycles. The minimum Gasteiger partial charge on any atom is -0.445 e. The van der Waals surface area contributed by atoms with Crippen LogP contribution in [0.15, 0.2) is 60.7 Å². The zero-order valence-corrected chi connectivity index (χ0v) is 13.9. The highest BCUT2D eigenvalue weighted by Gasteiger charge is 2.25. The molecule has 0 heterocycles. The molecule has 0 aliphatic rings. The lowest BCUT2D eigenvalue weighted by molar-refractivity contribution is 0.0892. The SMILES string of the molecule is CCCN(C(=O)OCc1ccccc1)[C@H]([C]=O)Cc1ccccc1. The largest absolute Gasteiger partial charge is 0.445 e. The molecule has 2 rings (SSSR count). The van der Waals surface area contributed by atoms with Crippen LogP contribution in [-0.2, 0) is 22.6 Å². The zero-order chi connectivity index (χ0) is 17.2. The Kier molecular flexibility index (Phi) is 7.02. The van der Waals surface area contributed by atoms with Crippen molar-refractivity contribution in [3.8, 4) is 0 Å². The van der Waals surface area contributed by atoms with Gasteiger partial charge in [-0.25, -0.2) is 4.79 Å². The number of hydrogen-bond donors (Lipinski definition) is 0. The number of carbonyl (C=O) groups is 1. The molecule has 0 aromatic heterocycles. The van der Waals surface area contributed by atoms with E-state index in [0.717, 1.165) is 17.5 Å². The fourth-order valence-corrected chi connectivity index (χ4v) is 2.47. The fourth-order valence-electron chi connectivity index (χ4n) is 2.47. The third-order valence-corrected chi connectivity index (χ3v) is 3.69. The van der Waals surface area contributed by atoms with Gasteiger partial charge in [0.05, 0.1) is 0 Å². The number of hydrogen-bond acceptors (Lipinski definition) is 3. The van der Waals surface area contributed by atoms with Gasteiger partial charge in [-0.2, -0.15) is 0 Å². The van der Waals surface area contributed by atoms with Gasteiger partial charge in [0.15, 0.2) is 0 Å². The summed E-state index contributed by atoms with van der Waals surface area (Å²) in [5.41, 5.74) is 1.90. The minimum absolute atomic E-state index is 0.191. The highest BCUT2D eigenvalue weighted by Crippen LogP contribution is 2.11. The maximum atomic E-state index is 12.4. The predicted octanol–water partition coefficient (Wildman–Crippen LogP) is 3.76. The lowest BCUT2D eigenvalue weighted by atomic mass is 10.1. The monoisotopic (exact) mass is 324 g/mol. The van der Waals surface area contributed by atoms with Gasteiger partial charge in [0.1, 0.15) is 12.6 Å². The molecule has 0 fully saturated rings. The third-order valence-electron chi connectivity index (χ3n) is 3.69. The standard InChI is InChI=1S/C20H22NO3/c1-2-13-21(19(15-22)14-17-9-5-3-6-10-17)20(23)24-16-18-11-7-4-8-12-18/h3-12,19H,2,13-14,16H2,1H3/t19-/m0/s1. The summed E-state index contributed by atoms with van der Waals surface area (Å²) in [6.07, 6.45) is 2.69. The lowest BCUT2D eigenvalue weighted by Gasteiger charge is -2.26. The van der Waals surface area contributed by atoms with E-state index in [0.29, 0.717) is 13.0 Å². The number of carbonyl (C=O) groups excluding carboxylic acids is 2. The van der Waals surface area contributed by atoms with Crippen molar-refractivity contribution in [2.45, 2.75) is 32.4 Å². The molecule has 0 unspecified atom stereocenters. The highest BCUT2D eigenvalue weighted by atomic mass is 16.6. The maximum Gasteiger partial charge on any atom is 0.410 e.